The predicted octanol–water partition coefficient (Wildman–Crippen LogP) is 3.09. The lowest BCUT2D eigenvalue weighted by Crippen LogP contribution is -2.43. The molecule has 0 spiro atoms. The van der Waals surface area contributed by atoms with Crippen molar-refractivity contribution in [2.45, 2.75) is 57.4 Å². The number of rotatable bonds is 3. The summed E-state index contributed by atoms with van der Waals surface area (Å²) in [6.45, 7) is 8.61. The minimum Gasteiger partial charge on any atom is -0.333 e. The average molecular weight is 353 g/mol. The molecule has 1 aliphatic heterocycles. The van der Waals surface area contributed by atoms with Crippen LogP contribution in [0.4, 0.5) is 10.5 Å². The Morgan fingerprint density at radius 1 is 1.12 bits per heavy atom. The number of sulfonamides is 1. The largest absolute Gasteiger partial charge is 0.333 e. The highest BCUT2D eigenvalue weighted by atomic mass is 32.2. The second kappa shape index (κ2) is 7.11. The number of hydrogen-bond acceptors (Lipinski definition) is 3. The second-order valence-corrected chi connectivity index (χ2v) is 9.21. The molecule has 1 aliphatic rings. The van der Waals surface area contributed by atoms with Gasteiger partial charge in [-0.15, -0.1) is 0 Å². The van der Waals surface area contributed by atoms with Crippen LogP contribution in [0.15, 0.2) is 23.1 Å². The van der Waals surface area contributed by atoms with Gasteiger partial charge < -0.3 is 10.6 Å². The summed E-state index contributed by atoms with van der Waals surface area (Å²) in [5.41, 5.74) is 0.960. The van der Waals surface area contributed by atoms with E-state index in [0.29, 0.717) is 18.8 Å². The lowest BCUT2D eigenvalue weighted by atomic mass is 10.1. The number of amides is 2. The first-order valence-electron chi connectivity index (χ1n) is 8.29. The summed E-state index contributed by atoms with van der Waals surface area (Å²) in [7, 11) is -3.51. The molecule has 2 N–H and O–H groups in total. The van der Waals surface area contributed by atoms with Gasteiger partial charge in [0.2, 0.25) is 10.0 Å². The predicted molar refractivity (Wildman–Crippen MR) is 95.7 cm³/mol. The molecule has 1 fully saturated rings. The molecule has 0 atom stereocenters. The zero-order valence-corrected chi connectivity index (χ0v) is 15.7. The Morgan fingerprint density at radius 2 is 1.75 bits per heavy atom. The van der Waals surface area contributed by atoms with Crippen LogP contribution in [0.2, 0.25) is 0 Å². The average Bonchev–Trinajstić information content (AvgIpc) is 2.48. The number of aryl methyl sites for hydroxylation is 1. The van der Waals surface area contributed by atoms with Crippen LogP contribution in [0.25, 0.3) is 0 Å². The number of urea groups is 1. The fourth-order valence-corrected chi connectivity index (χ4v) is 4.19. The summed E-state index contributed by atoms with van der Waals surface area (Å²) in [5.74, 6) is 0. The van der Waals surface area contributed by atoms with Gasteiger partial charge >= 0.3 is 6.03 Å². The maximum absolute atomic E-state index is 12.8. The summed E-state index contributed by atoms with van der Waals surface area (Å²) in [4.78, 5) is 12.3. The molecule has 2 amide bonds. The zero-order chi connectivity index (χ0) is 18.0. The molecule has 1 heterocycles. The van der Waals surface area contributed by atoms with Crippen molar-refractivity contribution in [1.82, 2.24) is 9.62 Å². The van der Waals surface area contributed by atoms with Crippen LogP contribution in [0.5, 0.6) is 0 Å². The van der Waals surface area contributed by atoms with Crippen molar-refractivity contribution in [3.8, 4) is 0 Å². The van der Waals surface area contributed by atoms with E-state index in [-0.39, 0.29) is 16.5 Å². The third-order valence-electron chi connectivity index (χ3n) is 3.90. The van der Waals surface area contributed by atoms with E-state index in [1.54, 1.807) is 18.2 Å². The minimum absolute atomic E-state index is 0.223. The molecule has 134 valence electrons. The molecule has 24 heavy (non-hydrogen) atoms. The monoisotopic (exact) mass is 353 g/mol. The van der Waals surface area contributed by atoms with Crippen LogP contribution >= 0.6 is 0 Å². The lowest BCUT2D eigenvalue weighted by molar-refractivity contribution is 0.244. The summed E-state index contributed by atoms with van der Waals surface area (Å²) < 4.78 is 27.1. The van der Waals surface area contributed by atoms with E-state index in [1.807, 2.05) is 27.7 Å². The van der Waals surface area contributed by atoms with Gasteiger partial charge in [-0.05, 0) is 58.2 Å². The van der Waals surface area contributed by atoms with E-state index in [9.17, 15) is 13.2 Å². The second-order valence-electron chi connectivity index (χ2n) is 7.27. The smallest absolute Gasteiger partial charge is 0.319 e. The first-order chi connectivity index (χ1) is 11.1. The minimum atomic E-state index is -3.51. The normalized spacial score (nSPS) is 16.7. The first-order valence-corrected chi connectivity index (χ1v) is 9.73. The van der Waals surface area contributed by atoms with Gasteiger partial charge in [-0.1, -0.05) is 12.5 Å². The fraction of sp³-hybridized carbons (Fsp3) is 0.588. The van der Waals surface area contributed by atoms with E-state index < -0.39 is 10.0 Å². The van der Waals surface area contributed by atoms with Gasteiger partial charge in [-0.3, -0.25) is 0 Å². The zero-order valence-electron chi connectivity index (χ0n) is 14.8. The first kappa shape index (κ1) is 18.7. The van der Waals surface area contributed by atoms with Gasteiger partial charge in [0.25, 0.3) is 0 Å². The molecule has 0 bridgehead atoms. The van der Waals surface area contributed by atoms with Crippen LogP contribution in [0, 0.1) is 6.92 Å². The number of nitrogens with zero attached hydrogens (tertiary/aromatic N) is 1. The van der Waals surface area contributed by atoms with Crippen molar-refractivity contribution < 1.29 is 13.2 Å². The van der Waals surface area contributed by atoms with E-state index in [0.717, 1.165) is 24.8 Å². The van der Waals surface area contributed by atoms with Crippen molar-refractivity contribution in [2.24, 2.45) is 0 Å². The molecule has 7 heteroatoms. The van der Waals surface area contributed by atoms with Gasteiger partial charge in [0.05, 0.1) is 4.90 Å². The molecule has 1 aromatic rings. The van der Waals surface area contributed by atoms with Crippen LogP contribution in [-0.4, -0.2) is 37.4 Å². The molecule has 0 unspecified atom stereocenters. The van der Waals surface area contributed by atoms with Crippen LogP contribution in [-0.2, 0) is 10.0 Å². The topological polar surface area (TPSA) is 78.5 Å². The number of carbonyl (C=O) groups is 1. The number of carbonyl (C=O) groups excluding carboxylic acids is 1. The Bertz CT molecular complexity index is 702. The van der Waals surface area contributed by atoms with Crippen LogP contribution < -0.4 is 10.6 Å². The van der Waals surface area contributed by atoms with Crippen molar-refractivity contribution in [3.63, 3.8) is 0 Å². The fourth-order valence-electron chi connectivity index (χ4n) is 2.64. The van der Waals surface area contributed by atoms with Crippen molar-refractivity contribution >= 4 is 21.7 Å². The van der Waals surface area contributed by atoms with Crippen molar-refractivity contribution in [2.75, 3.05) is 18.4 Å². The summed E-state index contributed by atoms with van der Waals surface area (Å²) in [5, 5.41) is 5.56. The highest BCUT2D eigenvalue weighted by molar-refractivity contribution is 7.89. The maximum atomic E-state index is 12.8. The van der Waals surface area contributed by atoms with E-state index in [4.69, 9.17) is 0 Å². The van der Waals surface area contributed by atoms with Gasteiger partial charge in [0.15, 0.2) is 0 Å². The number of anilines is 1. The maximum Gasteiger partial charge on any atom is 0.319 e. The molecule has 0 aromatic heterocycles. The Hall–Kier alpha value is -1.60. The standard InChI is InChI=1S/C17H27N3O3S/c1-13-8-9-14(24(22,23)20-10-6-5-7-11-20)12-15(13)18-16(21)19-17(2,3)4/h8-9,12H,5-7,10-11H2,1-4H3,(H2,18,19,21). The van der Waals surface area contributed by atoms with Gasteiger partial charge in [0.1, 0.15) is 0 Å². The summed E-state index contributed by atoms with van der Waals surface area (Å²) in [6, 6.07) is 4.52. The number of hydrogen-bond donors (Lipinski definition) is 2. The highest BCUT2D eigenvalue weighted by Gasteiger charge is 2.26. The third-order valence-corrected chi connectivity index (χ3v) is 5.79. The number of piperidine rings is 1. The number of benzene rings is 1. The Kier molecular flexibility index (Phi) is 5.55. The lowest BCUT2D eigenvalue weighted by Gasteiger charge is -2.26. The van der Waals surface area contributed by atoms with Crippen LogP contribution in [0.1, 0.15) is 45.6 Å². The molecule has 0 aliphatic carbocycles. The SMILES string of the molecule is Cc1ccc(S(=O)(=O)N2CCCCC2)cc1NC(=O)NC(C)(C)C. The highest BCUT2D eigenvalue weighted by Crippen LogP contribution is 2.25. The summed E-state index contributed by atoms with van der Waals surface area (Å²) in [6.07, 6.45) is 2.86. The molecule has 0 radical (unpaired) electrons. The molecular formula is C17H27N3O3S. The molecule has 1 aromatic carbocycles. The van der Waals surface area contributed by atoms with Gasteiger partial charge in [-0.2, -0.15) is 4.31 Å². The van der Waals surface area contributed by atoms with Crippen molar-refractivity contribution in [3.05, 3.63) is 23.8 Å². The Morgan fingerprint density at radius 3 is 2.33 bits per heavy atom. The van der Waals surface area contributed by atoms with Gasteiger partial charge in [0, 0.05) is 24.3 Å². The Labute approximate surface area is 144 Å². The van der Waals surface area contributed by atoms with Gasteiger partial charge in [-0.25, -0.2) is 13.2 Å². The third kappa shape index (κ3) is 4.70. The van der Waals surface area contributed by atoms with Crippen LogP contribution in [0.3, 0.4) is 0 Å². The molecule has 2 rings (SSSR count). The van der Waals surface area contributed by atoms with Crippen molar-refractivity contribution in [1.29, 1.82) is 0 Å². The van der Waals surface area contributed by atoms with E-state index in [2.05, 4.69) is 10.6 Å². The molecular weight excluding hydrogens is 326 g/mol. The van der Waals surface area contributed by atoms with E-state index in [1.165, 1.54) is 4.31 Å². The molecule has 6 nitrogen and oxygen atoms in total. The Balaban J connectivity index is 2.23. The molecule has 0 saturated carbocycles. The van der Waals surface area contributed by atoms with E-state index >= 15 is 0 Å². The summed E-state index contributed by atoms with van der Waals surface area (Å²) >= 11 is 0. The quantitative estimate of drug-likeness (QED) is 0.876. The molecule has 1 saturated heterocycles. The number of nitrogens with one attached hydrogen (secondary N) is 2.